The molecule has 1 aromatic heterocycles. The first-order chi connectivity index (χ1) is 11.4. The van der Waals surface area contributed by atoms with E-state index in [1.54, 1.807) is 0 Å². The molecule has 0 spiro atoms. The number of carbonyl (C=O) groups is 1. The maximum Gasteiger partial charge on any atom is 0.223 e. The number of hydrogen-bond acceptors (Lipinski definition) is 4. The number of aliphatic hydroxyl groups excluding tert-OH is 1. The molecule has 6 heteroatoms. The second kappa shape index (κ2) is 8.62. The molecular formula is C18H32N4O2. The standard InChI is InChI=1S/C18H32N4O2/c1-12-5-7-22(8-6-12)11-16(23)10-19-18(24)13(2)9-17-14(3)20-21-15(17)4/h12-13,16,23H,5-11H2,1-4H3,(H,19,24)(H,20,21). The van der Waals surface area contributed by atoms with Gasteiger partial charge in [-0.2, -0.15) is 5.10 Å². The zero-order valence-electron chi connectivity index (χ0n) is 15.4. The van der Waals surface area contributed by atoms with Crippen LogP contribution in [0, 0.1) is 25.7 Å². The summed E-state index contributed by atoms with van der Waals surface area (Å²) < 4.78 is 0. The van der Waals surface area contributed by atoms with Crippen molar-refractivity contribution < 1.29 is 9.90 Å². The van der Waals surface area contributed by atoms with E-state index in [1.807, 2.05) is 20.8 Å². The van der Waals surface area contributed by atoms with E-state index in [0.29, 0.717) is 19.5 Å². The predicted molar refractivity (Wildman–Crippen MR) is 94.8 cm³/mol. The Morgan fingerprint density at radius 2 is 2.08 bits per heavy atom. The number of rotatable bonds is 7. The molecule has 2 unspecified atom stereocenters. The fraction of sp³-hybridized carbons (Fsp3) is 0.778. The number of likely N-dealkylation sites (tertiary alicyclic amines) is 1. The lowest BCUT2D eigenvalue weighted by Crippen LogP contribution is -2.44. The van der Waals surface area contributed by atoms with E-state index in [2.05, 4.69) is 27.3 Å². The van der Waals surface area contributed by atoms with E-state index in [-0.39, 0.29) is 11.8 Å². The average molecular weight is 336 g/mol. The fourth-order valence-electron chi connectivity index (χ4n) is 3.27. The highest BCUT2D eigenvalue weighted by atomic mass is 16.3. The third-order valence-corrected chi connectivity index (χ3v) is 5.10. The zero-order chi connectivity index (χ0) is 17.7. The highest BCUT2D eigenvalue weighted by molar-refractivity contribution is 5.78. The molecule has 1 aliphatic rings. The Morgan fingerprint density at radius 3 is 2.67 bits per heavy atom. The summed E-state index contributed by atoms with van der Waals surface area (Å²) in [6.07, 6.45) is 2.55. The first kappa shape index (κ1) is 18.9. The molecule has 0 radical (unpaired) electrons. The number of aliphatic hydroxyl groups is 1. The molecule has 0 aliphatic carbocycles. The van der Waals surface area contributed by atoms with Crippen molar-refractivity contribution in [3.05, 3.63) is 17.0 Å². The molecule has 1 fully saturated rings. The number of aryl methyl sites for hydroxylation is 2. The van der Waals surface area contributed by atoms with Gasteiger partial charge in [0.05, 0.1) is 11.8 Å². The van der Waals surface area contributed by atoms with Gasteiger partial charge in [0.1, 0.15) is 0 Å². The minimum atomic E-state index is -0.507. The van der Waals surface area contributed by atoms with Gasteiger partial charge in [-0.25, -0.2) is 0 Å². The number of β-amino-alcohol motifs (C(OH)–C–C–N with tert-alkyl or cyclic N) is 1. The van der Waals surface area contributed by atoms with Gasteiger partial charge in [0, 0.05) is 24.7 Å². The van der Waals surface area contributed by atoms with Gasteiger partial charge >= 0.3 is 0 Å². The molecule has 0 aromatic carbocycles. The van der Waals surface area contributed by atoms with Gasteiger partial charge in [0.15, 0.2) is 0 Å². The molecule has 0 saturated carbocycles. The number of amides is 1. The largest absolute Gasteiger partial charge is 0.390 e. The lowest BCUT2D eigenvalue weighted by Gasteiger charge is -2.31. The van der Waals surface area contributed by atoms with Gasteiger partial charge < -0.3 is 15.3 Å². The molecule has 1 aromatic rings. The van der Waals surface area contributed by atoms with Crippen LogP contribution >= 0.6 is 0 Å². The topological polar surface area (TPSA) is 81.2 Å². The van der Waals surface area contributed by atoms with Gasteiger partial charge in [0.2, 0.25) is 5.91 Å². The summed E-state index contributed by atoms with van der Waals surface area (Å²) in [5.74, 6) is 0.637. The highest BCUT2D eigenvalue weighted by Gasteiger charge is 2.20. The molecule has 1 amide bonds. The summed E-state index contributed by atoms with van der Waals surface area (Å²) in [5, 5.41) is 20.2. The highest BCUT2D eigenvalue weighted by Crippen LogP contribution is 2.16. The minimum absolute atomic E-state index is 0.0127. The Morgan fingerprint density at radius 1 is 1.42 bits per heavy atom. The third kappa shape index (κ3) is 5.31. The number of hydrogen-bond donors (Lipinski definition) is 3. The number of H-pyrrole nitrogens is 1. The molecule has 2 rings (SSSR count). The Balaban J connectivity index is 1.71. The monoisotopic (exact) mass is 336 g/mol. The predicted octanol–water partition coefficient (Wildman–Crippen LogP) is 1.41. The molecule has 2 heterocycles. The van der Waals surface area contributed by atoms with Crippen LogP contribution in [0.4, 0.5) is 0 Å². The van der Waals surface area contributed by atoms with Crippen LogP contribution in [0.1, 0.15) is 43.6 Å². The molecule has 1 saturated heterocycles. The minimum Gasteiger partial charge on any atom is -0.390 e. The molecule has 2 atom stereocenters. The summed E-state index contributed by atoms with van der Waals surface area (Å²) in [5.41, 5.74) is 3.08. The quantitative estimate of drug-likeness (QED) is 0.703. The van der Waals surface area contributed by atoms with Crippen molar-refractivity contribution in [2.75, 3.05) is 26.2 Å². The van der Waals surface area contributed by atoms with Crippen LogP contribution in [0.15, 0.2) is 0 Å². The van der Waals surface area contributed by atoms with Gasteiger partial charge in [0.25, 0.3) is 0 Å². The van der Waals surface area contributed by atoms with Crippen LogP contribution in [0.25, 0.3) is 0 Å². The summed E-state index contributed by atoms with van der Waals surface area (Å²) in [4.78, 5) is 14.6. The van der Waals surface area contributed by atoms with E-state index in [9.17, 15) is 9.90 Å². The Bertz CT molecular complexity index is 516. The number of aromatic amines is 1. The molecule has 0 bridgehead atoms. The van der Waals surface area contributed by atoms with Crippen molar-refractivity contribution in [2.24, 2.45) is 11.8 Å². The molecule has 6 nitrogen and oxygen atoms in total. The number of nitrogens with one attached hydrogen (secondary N) is 2. The van der Waals surface area contributed by atoms with Crippen molar-refractivity contribution in [1.82, 2.24) is 20.4 Å². The Kier molecular flexibility index (Phi) is 6.80. The maximum atomic E-state index is 12.3. The van der Waals surface area contributed by atoms with Crippen LogP contribution < -0.4 is 5.32 Å². The van der Waals surface area contributed by atoms with Crippen LogP contribution in [-0.4, -0.2) is 58.4 Å². The van der Waals surface area contributed by atoms with Crippen LogP contribution in [0.2, 0.25) is 0 Å². The molecule has 1 aliphatic heterocycles. The first-order valence-corrected chi connectivity index (χ1v) is 9.05. The van der Waals surface area contributed by atoms with Gasteiger partial charge in [-0.15, -0.1) is 0 Å². The van der Waals surface area contributed by atoms with Gasteiger partial charge in [-0.1, -0.05) is 13.8 Å². The number of carbonyl (C=O) groups excluding carboxylic acids is 1. The van der Waals surface area contributed by atoms with Crippen LogP contribution in [0.5, 0.6) is 0 Å². The van der Waals surface area contributed by atoms with E-state index in [1.165, 1.54) is 12.8 Å². The third-order valence-electron chi connectivity index (χ3n) is 5.10. The number of aromatic nitrogens is 2. The molecule has 136 valence electrons. The summed E-state index contributed by atoms with van der Waals surface area (Å²) in [7, 11) is 0. The van der Waals surface area contributed by atoms with Crippen LogP contribution in [0.3, 0.4) is 0 Å². The van der Waals surface area contributed by atoms with Crippen LogP contribution in [-0.2, 0) is 11.2 Å². The molecule has 3 N–H and O–H groups in total. The normalized spacial score (nSPS) is 19.2. The van der Waals surface area contributed by atoms with Crippen molar-refractivity contribution in [2.45, 2.75) is 53.1 Å². The lowest BCUT2D eigenvalue weighted by molar-refractivity contribution is -0.125. The summed E-state index contributed by atoms with van der Waals surface area (Å²) in [6, 6.07) is 0. The van der Waals surface area contributed by atoms with E-state index in [0.717, 1.165) is 36.0 Å². The summed E-state index contributed by atoms with van der Waals surface area (Å²) >= 11 is 0. The van der Waals surface area contributed by atoms with E-state index in [4.69, 9.17) is 0 Å². The zero-order valence-corrected chi connectivity index (χ0v) is 15.4. The molecule has 24 heavy (non-hydrogen) atoms. The maximum absolute atomic E-state index is 12.3. The lowest BCUT2D eigenvalue weighted by atomic mass is 9.98. The average Bonchev–Trinajstić information content (AvgIpc) is 2.86. The Labute approximate surface area is 145 Å². The summed E-state index contributed by atoms with van der Waals surface area (Å²) in [6.45, 7) is 11.2. The molecular weight excluding hydrogens is 304 g/mol. The van der Waals surface area contributed by atoms with Crippen molar-refractivity contribution in [3.63, 3.8) is 0 Å². The second-order valence-corrected chi connectivity index (χ2v) is 7.40. The SMILES string of the molecule is Cc1n[nH]c(C)c1CC(C)C(=O)NCC(O)CN1CCC(C)CC1. The van der Waals surface area contributed by atoms with Gasteiger partial charge in [-0.05, 0) is 57.7 Å². The first-order valence-electron chi connectivity index (χ1n) is 9.05. The van der Waals surface area contributed by atoms with Crippen molar-refractivity contribution >= 4 is 5.91 Å². The van der Waals surface area contributed by atoms with E-state index < -0.39 is 6.10 Å². The number of nitrogens with zero attached hydrogens (tertiary/aromatic N) is 2. The number of piperidine rings is 1. The van der Waals surface area contributed by atoms with Crippen molar-refractivity contribution in [1.29, 1.82) is 0 Å². The van der Waals surface area contributed by atoms with E-state index >= 15 is 0 Å². The second-order valence-electron chi connectivity index (χ2n) is 7.40. The van der Waals surface area contributed by atoms with Gasteiger partial charge in [-0.3, -0.25) is 9.89 Å². The van der Waals surface area contributed by atoms with Crippen molar-refractivity contribution in [3.8, 4) is 0 Å². The smallest absolute Gasteiger partial charge is 0.223 e. The fourth-order valence-corrected chi connectivity index (χ4v) is 3.27. The Hall–Kier alpha value is -1.40.